The summed E-state index contributed by atoms with van der Waals surface area (Å²) in [7, 11) is -3.57. The number of rotatable bonds is 11. The van der Waals surface area contributed by atoms with Gasteiger partial charge in [-0.3, -0.25) is 23.5 Å². The fraction of sp³-hybridized carbons (Fsp3) is 0.233. The van der Waals surface area contributed by atoms with Gasteiger partial charge in [0.15, 0.2) is 0 Å². The monoisotopic (exact) mass is 641 g/mol. The number of nitrogens with one attached hydrogen (secondary N) is 2. The molecule has 0 aliphatic heterocycles. The van der Waals surface area contributed by atoms with Gasteiger partial charge in [0.1, 0.15) is 28.0 Å². The van der Waals surface area contributed by atoms with Crippen LogP contribution in [0, 0.1) is 5.82 Å². The molecule has 2 amide bonds. The summed E-state index contributed by atoms with van der Waals surface area (Å²) in [5, 5.41) is 5.04. The Kier molecular flexibility index (Phi) is 10.1. The number of hydrogen-bond donors (Lipinski definition) is 2. The van der Waals surface area contributed by atoms with Gasteiger partial charge >= 0.3 is 5.69 Å². The van der Waals surface area contributed by atoms with Crippen LogP contribution in [0.4, 0.5) is 15.9 Å². The lowest BCUT2D eigenvalue weighted by Crippen LogP contribution is -2.43. The number of anilines is 2. The molecule has 0 radical (unpaired) electrons. The number of halogens is 2. The minimum atomic E-state index is -3.57. The van der Waals surface area contributed by atoms with Crippen molar-refractivity contribution in [3.05, 3.63) is 110 Å². The zero-order valence-corrected chi connectivity index (χ0v) is 25.4. The van der Waals surface area contributed by atoms with Crippen LogP contribution in [0.5, 0.6) is 0 Å². The molecule has 0 saturated heterocycles. The van der Waals surface area contributed by atoms with Crippen LogP contribution in [0.2, 0.25) is 5.02 Å². The summed E-state index contributed by atoms with van der Waals surface area (Å²) in [5.41, 5.74) is -0.102. The summed E-state index contributed by atoms with van der Waals surface area (Å²) in [6.07, 6.45) is 4.26. The Bertz CT molecular complexity index is 1940. The molecule has 0 saturated carbocycles. The number of aryl methyl sites for hydroxylation is 1. The number of hydrogen-bond acceptors (Lipinski definition) is 7. The molecule has 0 bridgehead atoms. The van der Waals surface area contributed by atoms with Crippen molar-refractivity contribution in [1.29, 1.82) is 0 Å². The molecule has 4 aromatic rings. The molecule has 44 heavy (non-hydrogen) atoms. The average molecular weight is 642 g/mol. The summed E-state index contributed by atoms with van der Waals surface area (Å²) in [6.45, 7) is 0.881. The molecular formula is C30H29ClFN5O6S. The molecular weight excluding hydrogens is 613 g/mol. The van der Waals surface area contributed by atoms with Crippen molar-refractivity contribution in [3.63, 3.8) is 0 Å². The van der Waals surface area contributed by atoms with Crippen LogP contribution in [-0.2, 0) is 45.4 Å². The van der Waals surface area contributed by atoms with E-state index in [1.54, 1.807) is 42.6 Å². The molecule has 0 spiro atoms. The molecule has 0 unspecified atom stereocenters. The molecule has 2 aromatic heterocycles. The molecule has 0 aliphatic carbocycles. The third-order valence-electron chi connectivity index (χ3n) is 6.63. The molecule has 230 valence electrons. The summed E-state index contributed by atoms with van der Waals surface area (Å²) in [5.74, 6) is -1.86. The maximum atomic E-state index is 14.2. The highest BCUT2D eigenvalue weighted by molar-refractivity contribution is 7.90. The lowest BCUT2D eigenvalue weighted by Gasteiger charge is -2.15. The van der Waals surface area contributed by atoms with E-state index in [0.29, 0.717) is 28.1 Å². The van der Waals surface area contributed by atoms with Crippen LogP contribution in [0.25, 0.3) is 11.1 Å². The third-order valence-corrected chi connectivity index (χ3v) is 7.94. The Morgan fingerprint density at radius 1 is 0.977 bits per heavy atom. The van der Waals surface area contributed by atoms with E-state index in [2.05, 4.69) is 15.6 Å². The molecule has 0 atom stereocenters. The van der Waals surface area contributed by atoms with Crippen molar-refractivity contribution in [2.45, 2.75) is 32.9 Å². The van der Waals surface area contributed by atoms with Crippen molar-refractivity contribution < 1.29 is 22.4 Å². The molecule has 11 nitrogen and oxygen atoms in total. The summed E-state index contributed by atoms with van der Waals surface area (Å²) in [6, 6.07) is 14.0. The van der Waals surface area contributed by atoms with E-state index in [9.17, 15) is 32.0 Å². The Morgan fingerprint density at radius 3 is 2.43 bits per heavy atom. The maximum absolute atomic E-state index is 14.2. The Labute approximate surface area is 257 Å². The SMILES string of the molecule is CCc1ccc(NC(=O)Cn2cc(-c3cccc(F)c3Cl)c(=O)n(CCS(C)(=O)=O)c2=O)cc1CC(=O)Nc1ccccn1. The van der Waals surface area contributed by atoms with Crippen molar-refractivity contribution in [1.82, 2.24) is 14.1 Å². The van der Waals surface area contributed by atoms with Crippen LogP contribution in [0.15, 0.2) is 76.6 Å². The van der Waals surface area contributed by atoms with E-state index in [0.717, 1.165) is 28.6 Å². The quantitative estimate of drug-likeness (QED) is 0.255. The Hall–Kier alpha value is -4.62. The number of sulfone groups is 1. The number of carbonyl (C=O) groups is 2. The first-order valence-corrected chi connectivity index (χ1v) is 15.9. The smallest absolute Gasteiger partial charge is 0.325 e. The van der Waals surface area contributed by atoms with Crippen LogP contribution >= 0.6 is 11.6 Å². The van der Waals surface area contributed by atoms with Crippen molar-refractivity contribution in [3.8, 4) is 11.1 Å². The third kappa shape index (κ3) is 8.05. The number of aromatic nitrogens is 3. The highest BCUT2D eigenvalue weighted by Gasteiger charge is 2.19. The molecule has 4 rings (SSSR count). The van der Waals surface area contributed by atoms with E-state index < -0.39 is 51.7 Å². The summed E-state index contributed by atoms with van der Waals surface area (Å²) in [4.78, 5) is 56.3. The fourth-order valence-corrected chi connectivity index (χ4v) is 5.22. The topological polar surface area (TPSA) is 149 Å². The summed E-state index contributed by atoms with van der Waals surface area (Å²) >= 11 is 6.11. The largest absolute Gasteiger partial charge is 0.331 e. The Morgan fingerprint density at radius 2 is 1.75 bits per heavy atom. The van der Waals surface area contributed by atoms with Gasteiger partial charge in [-0.05, 0) is 47.9 Å². The number of benzene rings is 2. The molecule has 14 heteroatoms. The van der Waals surface area contributed by atoms with Gasteiger partial charge in [0, 0.05) is 36.4 Å². The van der Waals surface area contributed by atoms with Crippen LogP contribution in [0.1, 0.15) is 18.1 Å². The van der Waals surface area contributed by atoms with E-state index in [1.807, 2.05) is 6.92 Å². The van der Waals surface area contributed by atoms with E-state index in [1.165, 1.54) is 12.1 Å². The Balaban J connectivity index is 1.62. The first-order chi connectivity index (χ1) is 20.9. The van der Waals surface area contributed by atoms with Crippen LogP contribution < -0.4 is 21.9 Å². The van der Waals surface area contributed by atoms with E-state index in [-0.39, 0.29) is 28.5 Å². The number of nitrogens with zero attached hydrogens (tertiary/aromatic N) is 3. The van der Waals surface area contributed by atoms with Gasteiger partial charge in [-0.15, -0.1) is 0 Å². The first-order valence-electron chi connectivity index (χ1n) is 13.4. The highest BCUT2D eigenvalue weighted by Crippen LogP contribution is 2.27. The van der Waals surface area contributed by atoms with Gasteiger partial charge in [-0.2, -0.15) is 0 Å². The predicted molar refractivity (Wildman–Crippen MR) is 166 cm³/mol. The molecule has 2 heterocycles. The second-order valence-corrected chi connectivity index (χ2v) is 12.6. The fourth-order valence-electron chi connectivity index (χ4n) is 4.48. The number of pyridine rings is 1. The highest BCUT2D eigenvalue weighted by atomic mass is 35.5. The van der Waals surface area contributed by atoms with Gasteiger partial charge in [0.05, 0.1) is 22.8 Å². The lowest BCUT2D eigenvalue weighted by molar-refractivity contribution is -0.117. The molecule has 2 aromatic carbocycles. The van der Waals surface area contributed by atoms with E-state index in [4.69, 9.17) is 11.6 Å². The minimum Gasteiger partial charge on any atom is -0.325 e. The van der Waals surface area contributed by atoms with Crippen LogP contribution in [0.3, 0.4) is 0 Å². The standard InChI is InChI=1S/C30H29ClFN5O6S/c1-3-19-10-11-21(15-20(19)16-26(38)35-25-9-4-5-12-33-25)34-27(39)18-36-17-23(22-7-6-8-24(32)28(22)31)29(40)37(30(36)41)13-14-44(2,42)43/h4-12,15,17H,3,13-14,16,18H2,1-2H3,(H,34,39)(H,33,35,38). The second-order valence-electron chi connectivity index (χ2n) is 9.97. The van der Waals surface area contributed by atoms with Crippen molar-refractivity contribution in [2.24, 2.45) is 0 Å². The van der Waals surface area contributed by atoms with Gasteiger partial charge in [0.25, 0.3) is 5.56 Å². The minimum absolute atomic E-state index is 0.0198. The molecule has 0 aliphatic rings. The zero-order chi connectivity index (χ0) is 32.0. The number of carbonyl (C=O) groups excluding carboxylic acids is 2. The summed E-state index contributed by atoms with van der Waals surface area (Å²) < 4.78 is 39.4. The van der Waals surface area contributed by atoms with Gasteiger partial charge in [-0.1, -0.05) is 42.8 Å². The van der Waals surface area contributed by atoms with Crippen molar-refractivity contribution in [2.75, 3.05) is 22.6 Å². The number of amides is 2. The lowest BCUT2D eigenvalue weighted by atomic mass is 10.0. The van der Waals surface area contributed by atoms with Crippen molar-refractivity contribution >= 4 is 44.8 Å². The maximum Gasteiger partial charge on any atom is 0.331 e. The zero-order valence-electron chi connectivity index (χ0n) is 23.8. The van der Waals surface area contributed by atoms with Gasteiger partial charge in [0.2, 0.25) is 11.8 Å². The second kappa shape index (κ2) is 13.8. The van der Waals surface area contributed by atoms with Gasteiger partial charge < -0.3 is 10.6 Å². The first kappa shape index (κ1) is 32.3. The predicted octanol–water partition coefficient (Wildman–Crippen LogP) is 3.29. The molecule has 2 N–H and O–H groups in total. The van der Waals surface area contributed by atoms with Crippen LogP contribution in [-0.4, -0.2) is 46.4 Å². The molecule has 0 fully saturated rings. The van der Waals surface area contributed by atoms with E-state index >= 15 is 0 Å². The average Bonchev–Trinajstić information content (AvgIpc) is 2.96. The van der Waals surface area contributed by atoms with Gasteiger partial charge in [-0.25, -0.2) is 22.6 Å². The normalized spacial score (nSPS) is 11.3.